The Balaban J connectivity index is 0. The predicted octanol–water partition coefficient (Wildman–Crippen LogP) is 4.58. The largest absolute Gasteiger partial charge is 0.245 e. The highest BCUT2D eigenvalue weighted by molar-refractivity contribution is 4.74. The first-order valence-electron chi connectivity index (χ1n) is 5.70. The van der Waals surface area contributed by atoms with E-state index in [0.717, 1.165) is 0 Å². The van der Waals surface area contributed by atoms with E-state index in [1.165, 1.54) is 6.33 Å². The highest BCUT2D eigenvalue weighted by Gasteiger charge is 1.96. The monoisotopic (exact) mass is 224 g/mol. The first kappa shape index (κ1) is 17.5. The Labute approximate surface area is 102 Å². The SMILES string of the molecule is CC(C)(C)C.CC(C)(C)C.c1cncnc1. The van der Waals surface area contributed by atoms with Crippen LogP contribution in [0.25, 0.3) is 0 Å². The molecule has 0 N–H and O–H groups in total. The van der Waals surface area contributed by atoms with E-state index >= 15 is 0 Å². The fourth-order valence-corrected chi connectivity index (χ4v) is 0.253. The standard InChI is InChI=1S/2C5H12.C4H4N2/c2*1-5(2,3)4;1-2-5-4-6-3-1/h2*1-4H3;1-4H. The molecule has 0 atom stereocenters. The van der Waals surface area contributed by atoms with Gasteiger partial charge in [-0.15, -0.1) is 0 Å². The lowest BCUT2D eigenvalue weighted by Gasteiger charge is -2.05. The van der Waals surface area contributed by atoms with Crippen molar-refractivity contribution in [3.05, 3.63) is 24.8 Å². The van der Waals surface area contributed by atoms with Gasteiger partial charge in [0.15, 0.2) is 0 Å². The number of aromatic nitrogens is 2. The summed E-state index contributed by atoms with van der Waals surface area (Å²) in [5.41, 5.74) is 1.00. The van der Waals surface area contributed by atoms with Gasteiger partial charge in [-0.1, -0.05) is 55.4 Å². The van der Waals surface area contributed by atoms with Crippen molar-refractivity contribution in [2.75, 3.05) is 0 Å². The second kappa shape index (κ2) is 8.26. The van der Waals surface area contributed by atoms with Gasteiger partial charge in [-0.2, -0.15) is 0 Å². The first-order chi connectivity index (χ1) is 7.00. The Bertz CT molecular complexity index is 178. The molecule has 0 spiro atoms. The van der Waals surface area contributed by atoms with Gasteiger partial charge in [0.1, 0.15) is 6.33 Å². The molecule has 2 nitrogen and oxygen atoms in total. The lowest BCUT2D eigenvalue weighted by Crippen LogP contribution is -1.93. The van der Waals surface area contributed by atoms with Gasteiger partial charge in [-0.05, 0) is 16.9 Å². The average Bonchev–Trinajstić information content (AvgIpc) is 2.01. The summed E-state index contributed by atoms with van der Waals surface area (Å²) >= 11 is 0. The van der Waals surface area contributed by atoms with E-state index in [4.69, 9.17) is 0 Å². The molecule has 0 aliphatic heterocycles. The van der Waals surface area contributed by atoms with E-state index in [1.54, 1.807) is 18.5 Å². The molecule has 0 amide bonds. The minimum atomic E-state index is 0.500. The zero-order valence-electron chi connectivity index (χ0n) is 12.2. The van der Waals surface area contributed by atoms with E-state index in [2.05, 4.69) is 65.4 Å². The van der Waals surface area contributed by atoms with Crippen LogP contribution in [0.2, 0.25) is 0 Å². The van der Waals surface area contributed by atoms with Crippen LogP contribution in [0.1, 0.15) is 55.4 Å². The van der Waals surface area contributed by atoms with Crippen molar-refractivity contribution in [1.29, 1.82) is 0 Å². The Kier molecular flexibility index (Phi) is 9.02. The fourth-order valence-electron chi connectivity index (χ4n) is 0.253. The molecule has 0 unspecified atom stereocenters. The summed E-state index contributed by atoms with van der Waals surface area (Å²) in [5, 5.41) is 0. The molecule has 0 bridgehead atoms. The Morgan fingerprint density at radius 2 is 0.875 bits per heavy atom. The van der Waals surface area contributed by atoms with Crippen LogP contribution in [-0.2, 0) is 0 Å². The van der Waals surface area contributed by atoms with Crippen molar-refractivity contribution in [1.82, 2.24) is 9.97 Å². The van der Waals surface area contributed by atoms with E-state index in [1.807, 2.05) is 0 Å². The van der Waals surface area contributed by atoms with Gasteiger partial charge in [0.05, 0.1) is 0 Å². The summed E-state index contributed by atoms with van der Waals surface area (Å²) in [4.78, 5) is 7.35. The third-order valence-corrected chi connectivity index (χ3v) is 0.478. The molecule has 0 aliphatic carbocycles. The highest BCUT2D eigenvalue weighted by Crippen LogP contribution is 2.08. The average molecular weight is 224 g/mol. The maximum absolute atomic E-state index is 3.67. The summed E-state index contributed by atoms with van der Waals surface area (Å²) in [6, 6.07) is 1.78. The van der Waals surface area contributed by atoms with Gasteiger partial charge in [-0.3, -0.25) is 0 Å². The Hall–Kier alpha value is -0.920. The van der Waals surface area contributed by atoms with Crippen LogP contribution in [0.15, 0.2) is 24.8 Å². The minimum absolute atomic E-state index is 0.500. The smallest absolute Gasteiger partial charge is 0.115 e. The van der Waals surface area contributed by atoms with Gasteiger partial charge in [0.25, 0.3) is 0 Å². The normalized spacial score (nSPS) is 10.5. The molecule has 94 valence electrons. The number of nitrogens with zero attached hydrogens (tertiary/aromatic N) is 2. The van der Waals surface area contributed by atoms with Crippen LogP contribution in [0.3, 0.4) is 0 Å². The molecular weight excluding hydrogens is 196 g/mol. The first-order valence-corrected chi connectivity index (χ1v) is 5.70. The van der Waals surface area contributed by atoms with Gasteiger partial charge in [0, 0.05) is 12.4 Å². The second-order valence-electron chi connectivity index (χ2n) is 6.90. The minimum Gasteiger partial charge on any atom is -0.245 e. The van der Waals surface area contributed by atoms with Gasteiger partial charge >= 0.3 is 0 Å². The lowest BCUT2D eigenvalue weighted by atomic mass is 10.0. The number of hydrogen-bond acceptors (Lipinski definition) is 2. The summed E-state index contributed by atoms with van der Waals surface area (Å²) in [7, 11) is 0. The molecule has 0 fully saturated rings. The van der Waals surface area contributed by atoms with Crippen molar-refractivity contribution >= 4 is 0 Å². The van der Waals surface area contributed by atoms with E-state index < -0.39 is 0 Å². The molecule has 0 aromatic carbocycles. The van der Waals surface area contributed by atoms with Gasteiger partial charge in [0.2, 0.25) is 0 Å². The zero-order chi connectivity index (χ0) is 13.2. The van der Waals surface area contributed by atoms with Crippen molar-refractivity contribution in [3.8, 4) is 0 Å². The van der Waals surface area contributed by atoms with Crippen molar-refractivity contribution in [3.63, 3.8) is 0 Å². The summed E-state index contributed by atoms with van der Waals surface area (Å²) in [5.74, 6) is 0. The molecule has 0 saturated heterocycles. The summed E-state index contributed by atoms with van der Waals surface area (Å²) in [6.07, 6.45) is 4.88. The quantitative estimate of drug-likeness (QED) is 0.644. The fraction of sp³-hybridized carbons (Fsp3) is 0.714. The second-order valence-corrected chi connectivity index (χ2v) is 6.90. The third-order valence-electron chi connectivity index (χ3n) is 0.478. The molecule has 2 heteroatoms. The van der Waals surface area contributed by atoms with E-state index in [9.17, 15) is 0 Å². The van der Waals surface area contributed by atoms with Gasteiger partial charge < -0.3 is 0 Å². The molecule has 0 radical (unpaired) electrons. The lowest BCUT2D eigenvalue weighted by molar-refractivity contribution is 0.469. The molecule has 0 saturated carbocycles. The molecule has 16 heavy (non-hydrogen) atoms. The van der Waals surface area contributed by atoms with Crippen LogP contribution >= 0.6 is 0 Å². The maximum atomic E-state index is 3.67. The number of hydrogen-bond donors (Lipinski definition) is 0. The molecule has 1 aromatic rings. The number of rotatable bonds is 0. The summed E-state index contributed by atoms with van der Waals surface area (Å²) < 4.78 is 0. The predicted molar refractivity (Wildman–Crippen MR) is 72.3 cm³/mol. The van der Waals surface area contributed by atoms with E-state index in [0.29, 0.717) is 10.8 Å². The van der Waals surface area contributed by atoms with Gasteiger partial charge in [-0.25, -0.2) is 9.97 Å². The van der Waals surface area contributed by atoms with E-state index in [-0.39, 0.29) is 0 Å². The molecule has 0 aliphatic rings. The summed E-state index contributed by atoms with van der Waals surface area (Å²) in [6.45, 7) is 17.5. The third kappa shape index (κ3) is 74.0. The van der Waals surface area contributed by atoms with Crippen molar-refractivity contribution in [2.45, 2.75) is 55.4 Å². The molecule has 1 aromatic heterocycles. The molecular formula is C14H28N2. The Morgan fingerprint density at radius 3 is 0.938 bits per heavy atom. The zero-order valence-corrected chi connectivity index (χ0v) is 12.2. The van der Waals surface area contributed by atoms with Crippen LogP contribution in [0.4, 0.5) is 0 Å². The van der Waals surface area contributed by atoms with Crippen molar-refractivity contribution in [2.24, 2.45) is 10.8 Å². The van der Waals surface area contributed by atoms with Crippen LogP contribution in [-0.4, -0.2) is 9.97 Å². The maximum Gasteiger partial charge on any atom is 0.115 e. The van der Waals surface area contributed by atoms with Crippen LogP contribution in [0.5, 0.6) is 0 Å². The van der Waals surface area contributed by atoms with Crippen molar-refractivity contribution < 1.29 is 0 Å². The highest BCUT2D eigenvalue weighted by atomic mass is 14.8. The topological polar surface area (TPSA) is 25.8 Å². The molecule has 1 rings (SSSR count). The van der Waals surface area contributed by atoms with Crippen LogP contribution in [0, 0.1) is 10.8 Å². The molecule has 1 heterocycles. The van der Waals surface area contributed by atoms with Crippen LogP contribution < -0.4 is 0 Å². The Morgan fingerprint density at radius 1 is 0.625 bits per heavy atom.